The Hall–Kier alpha value is -1.94. The maximum absolute atomic E-state index is 12.2. The van der Waals surface area contributed by atoms with Crippen LogP contribution in [0.1, 0.15) is 29.8 Å². The standard InChI is InChI=1S/C18H23N3O/c1-21-10-4-5-14(13-21)8-9-19-18(22)17-11-15-6-2-3-7-16(15)12-20-17/h2-3,6-7,11-12,14H,4-5,8-10,13H2,1H3,(H,19,22)/t14-/m1/s1. The van der Waals surface area contributed by atoms with E-state index in [1.807, 2.05) is 30.3 Å². The van der Waals surface area contributed by atoms with E-state index in [1.165, 1.54) is 19.4 Å². The van der Waals surface area contributed by atoms with Crippen molar-refractivity contribution in [2.45, 2.75) is 19.3 Å². The molecule has 2 aromatic rings. The predicted octanol–water partition coefficient (Wildman–Crippen LogP) is 2.70. The molecule has 1 aromatic heterocycles. The summed E-state index contributed by atoms with van der Waals surface area (Å²) in [5, 5.41) is 5.12. The molecule has 1 aliphatic heterocycles. The lowest BCUT2D eigenvalue weighted by Crippen LogP contribution is -2.34. The van der Waals surface area contributed by atoms with E-state index >= 15 is 0 Å². The molecule has 1 aromatic carbocycles. The quantitative estimate of drug-likeness (QED) is 0.943. The molecule has 1 atom stereocenters. The predicted molar refractivity (Wildman–Crippen MR) is 88.9 cm³/mol. The van der Waals surface area contributed by atoms with Gasteiger partial charge in [0.1, 0.15) is 5.69 Å². The van der Waals surface area contributed by atoms with Gasteiger partial charge in [-0.3, -0.25) is 9.78 Å². The molecule has 1 amide bonds. The Morgan fingerprint density at radius 1 is 1.36 bits per heavy atom. The van der Waals surface area contributed by atoms with Crippen LogP contribution in [0.15, 0.2) is 36.5 Å². The summed E-state index contributed by atoms with van der Waals surface area (Å²) < 4.78 is 0. The lowest BCUT2D eigenvalue weighted by Gasteiger charge is -2.29. The van der Waals surface area contributed by atoms with Gasteiger partial charge >= 0.3 is 0 Å². The van der Waals surface area contributed by atoms with Crippen molar-refractivity contribution in [2.75, 3.05) is 26.7 Å². The van der Waals surface area contributed by atoms with Gasteiger partial charge in [-0.15, -0.1) is 0 Å². The number of fused-ring (bicyclic) bond motifs is 1. The van der Waals surface area contributed by atoms with Crippen LogP contribution in [0.2, 0.25) is 0 Å². The fourth-order valence-corrected chi connectivity index (χ4v) is 3.20. The van der Waals surface area contributed by atoms with E-state index in [1.54, 1.807) is 6.20 Å². The van der Waals surface area contributed by atoms with Crippen molar-refractivity contribution in [1.29, 1.82) is 0 Å². The molecule has 1 N–H and O–H groups in total. The van der Waals surface area contributed by atoms with Crippen LogP contribution in [0.5, 0.6) is 0 Å². The molecule has 0 aliphatic carbocycles. The number of nitrogens with zero attached hydrogens (tertiary/aromatic N) is 2. The molecule has 3 rings (SSSR count). The van der Waals surface area contributed by atoms with Gasteiger partial charge in [0.05, 0.1) is 0 Å². The zero-order valence-electron chi connectivity index (χ0n) is 13.1. The Morgan fingerprint density at radius 2 is 2.18 bits per heavy atom. The van der Waals surface area contributed by atoms with E-state index in [4.69, 9.17) is 0 Å². The second kappa shape index (κ2) is 6.88. The fourth-order valence-electron chi connectivity index (χ4n) is 3.20. The number of amides is 1. The summed E-state index contributed by atoms with van der Waals surface area (Å²) in [7, 11) is 2.17. The third kappa shape index (κ3) is 3.63. The number of hydrogen-bond acceptors (Lipinski definition) is 3. The largest absolute Gasteiger partial charge is 0.351 e. The Balaban J connectivity index is 1.54. The number of carbonyl (C=O) groups excluding carboxylic acids is 1. The van der Waals surface area contributed by atoms with Gasteiger partial charge in [-0.05, 0) is 50.2 Å². The molecule has 22 heavy (non-hydrogen) atoms. The average molecular weight is 297 g/mol. The number of nitrogens with one attached hydrogen (secondary N) is 1. The normalized spacial score (nSPS) is 19.2. The minimum atomic E-state index is -0.0742. The van der Waals surface area contributed by atoms with E-state index in [2.05, 4.69) is 22.2 Å². The van der Waals surface area contributed by atoms with Crippen LogP contribution in [-0.4, -0.2) is 42.5 Å². The second-order valence-electron chi connectivity index (χ2n) is 6.23. The van der Waals surface area contributed by atoms with Crippen molar-refractivity contribution < 1.29 is 4.79 Å². The van der Waals surface area contributed by atoms with Crippen molar-refractivity contribution in [3.63, 3.8) is 0 Å². The molecule has 0 saturated carbocycles. The van der Waals surface area contributed by atoms with Crippen LogP contribution in [0.25, 0.3) is 10.8 Å². The zero-order chi connectivity index (χ0) is 15.4. The summed E-state index contributed by atoms with van der Waals surface area (Å²) in [6.07, 6.45) is 5.35. The Bertz CT molecular complexity index is 656. The van der Waals surface area contributed by atoms with Gasteiger partial charge in [0.2, 0.25) is 0 Å². The molecule has 4 nitrogen and oxygen atoms in total. The summed E-state index contributed by atoms with van der Waals surface area (Å²) in [6.45, 7) is 3.07. The van der Waals surface area contributed by atoms with Crippen molar-refractivity contribution in [2.24, 2.45) is 5.92 Å². The lowest BCUT2D eigenvalue weighted by molar-refractivity contribution is 0.0943. The molecular weight excluding hydrogens is 274 g/mol. The summed E-state index contributed by atoms with van der Waals surface area (Å²) in [5.41, 5.74) is 0.500. The van der Waals surface area contributed by atoms with Crippen LogP contribution in [0.4, 0.5) is 0 Å². The minimum absolute atomic E-state index is 0.0742. The van der Waals surface area contributed by atoms with Crippen LogP contribution in [-0.2, 0) is 0 Å². The number of piperidine rings is 1. The Kier molecular flexibility index (Phi) is 4.68. The maximum atomic E-state index is 12.2. The summed E-state index contributed by atoms with van der Waals surface area (Å²) in [4.78, 5) is 18.9. The molecule has 0 bridgehead atoms. The second-order valence-corrected chi connectivity index (χ2v) is 6.23. The molecule has 2 heterocycles. The summed E-state index contributed by atoms with van der Waals surface area (Å²) in [6, 6.07) is 9.82. The number of aromatic nitrogens is 1. The van der Waals surface area contributed by atoms with Gasteiger partial charge in [0, 0.05) is 24.7 Å². The number of carbonyl (C=O) groups is 1. The highest BCUT2D eigenvalue weighted by molar-refractivity contribution is 5.96. The summed E-state index contributed by atoms with van der Waals surface area (Å²) >= 11 is 0. The third-order valence-electron chi connectivity index (χ3n) is 4.42. The van der Waals surface area contributed by atoms with E-state index in [9.17, 15) is 4.79 Å². The molecule has 1 saturated heterocycles. The Morgan fingerprint density at radius 3 is 3.00 bits per heavy atom. The van der Waals surface area contributed by atoms with E-state index in [-0.39, 0.29) is 5.91 Å². The van der Waals surface area contributed by atoms with Gasteiger partial charge in [-0.1, -0.05) is 24.3 Å². The minimum Gasteiger partial charge on any atom is -0.351 e. The first-order chi connectivity index (χ1) is 10.7. The zero-order valence-corrected chi connectivity index (χ0v) is 13.1. The first-order valence-electron chi connectivity index (χ1n) is 8.04. The number of benzene rings is 1. The molecule has 0 unspecified atom stereocenters. The highest BCUT2D eigenvalue weighted by atomic mass is 16.1. The van der Waals surface area contributed by atoms with Gasteiger partial charge in [-0.2, -0.15) is 0 Å². The molecule has 1 aliphatic rings. The van der Waals surface area contributed by atoms with Crippen LogP contribution < -0.4 is 5.32 Å². The van der Waals surface area contributed by atoms with Crippen LogP contribution in [0.3, 0.4) is 0 Å². The lowest BCUT2D eigenvalue weighted by atomic mass is 9.95. The smallest absolute Gasteiger partial charge is 0.269 e. The highest BCUT2D eigenvalue weighted by Crippen LogP contribution is 2.18. The first-order valence-corrected chi connectivity index (χ1v) is 8.04. The molecule has 0 radical (unpaired) electrons. The average Bonchev–Trinajstić information content (AvgIpc) is 2.54. The van der Waals surface area contributed by atoms with Crippen molar-refractivity contribution in [3.8, 4) is 0 Å². The van der Waals surface area contributed by atoms with Gasteiger partial charge < -0.3 is 10.2 Å². The van der Waals surface area contributed by atoms with Gasteiger partial charge in [0.15, 0.2) is 0 Å². The first kappa shape index (κ1) is 15.0. The topological polar surface area (TPSA) is 45.2 Å². The van der Waals surface area contributed by atoms with Gasteiger partial charge in [0.25, 0.3) is 5.91 Å². The Labute approximate surface area is 131 Å². The number of rotatable bonds is 4. The maximum Gasteiger partial charge on any atom is 0.269 e. The van der Waals surface area contributed by atoms with E-state index < -0.39 is 0 Å². The van der Waals surface area contributed by atoms with Gasteiger partial charge in [-0.25, -0.2) is 0 Å². The van der Waals surface area contributed by atoms with Crippen molar-refractivity contribution >= 4 is 16.7 Å². The summed E-state index contributed by atoms with van der Waals surface area (Å²) in [5.74, 6) is 0.624. The van der Waals surface area contributed by atoms with Crippen molar-refractivity contribution in [1.82, 2.24) is 15.2 Å². The van der Waals surface area contributed by atoms with Crippen LogP contribution >= 0.6 is 0 Å². The molecular formula is C18H23N3O. The van der Waals surface area contributed by atoms with Crippen LogP contribution in [0, 0.1) is 5.92 Å². The SMILES string of the molecule is CN1CCC[C@H](CCNC(=O)c2cc3ccccc3cn2)C1. The van der Waals surface area contributed by atoms with E-state index in [0.29, 0.717) is 11.6 Å². The monoisotopic (exact) mass is 297 g/mol. The van der Waals surface area contributed by atoms with Crippen molar-refractivity contribution in [3.05, 3.63) is 42.2 Å². The number of likely N-dealkylation sites (tertiary alicyclic amines) is 1. The highest BCUT2D eigenvalue weighted by Gasteiger charge is 2.17. The number of pyridine rings is 1. The molecule has 116 valence electrons. The van der Waals surface area contributed by atoms with E-state index in [0.717, 1.165) is 30.3 Å². The molecule has 1 fully saturated rings. The fraction of sp³-hybridized carbons (Fsp3) is 0.444. The molecule has 0 spiro atoms. The third-order valence-corrected chi connectivity index (χ3v) is 4.42. The number of hydrogen-bond donors (Lipinski definition) is 1. The molecule has 4 heteroatoms.